The minimum Gasteiger partial charge on any atom is -0.368 e. The van der Waals surface area contributed by atoms with Crippen LogP contribution in [0.5, 0.6) is 0 Å². The molecule has 0 aromatic heterocycles. The Balaban J connectivity index is 1.37. The molecule has 4 heteroatoms. The van der Waals surface area contributed by atoms with Crippen molar-refractivity contribution in [3.63, 3.8) is 0 Å². The highest BCUT2D eigenvalue weighted by Crippen LogP contribution is 2.31. The molecule has 3 aliphatic rings. The molecule has 96 valence electrons. The molecular weight excluding hydrogens is 216 g/mol. The van der Waals surface area contributed by atoms with Crippen LogP contribution < -0.4 is 5.32 Å². The number of carbonyl (C=O) groups is 1. The summed E-state index contributed by atoms with van der Waals surface area (Å²) < 4.78 is 5.38. The second-order valence-corrected chi connectivity index (χ2v) is 5.63. The van der Waals surface area contributed by atoms with Crippen LogP contribution in [0.2, 0.25) is 0 Å². The summed E-state index contributed by atoms with van der Waals surface area (Å²) in [5.74, 6) is 0.758. The van der Waals surface area contributed by atoms with Gasteiger partial charge in [0.05, 0.1) is 0 Å². The van der Waals surface area contributed by atoms with E-state index in [9.17, 15) is 4.79 Å². The Morgan fingerprint density at radius 3 is 2.88 bits per heavy atom. The Labute approximate surface area is 103 Å². The van der Waals surface area contributed by atoms with E-state index in [2.05, 4.69) is 10.2 Å². The maximum absolute atomic E-state index is 11.8. The first kappa shape index (κ1) is 11.5. The van der Waals surface area contributed by atoms with Gasteiger partial charge in [0.1, 0.15) is 6.10 Å². The van der Waals surface area contributed by atoms with E-state index in [1.807, 2.05) is 0 Å². The average Bonchev–Trinajstić information content (AvgIpc) is 2.88. The Hall–Kier alpha value is -0.610. The lowest BCUT2D eigenvalue weighted by atomic mass is 10.1. The number of carbonyl (C=O) groups excluding carboxylic acids is 1. The molecule has 3 fully saturated rings. The van der Waals surface area contributed by atoms with E-state index in [0.29, 0.717) is 5.92 Å². The van der Waals surface area contributed by atoms with E-state index >= 15 is 0 Å². The second-order valence-electron chi connectivity index (χ2n) is 5.63. The predicted molar refractivity (Wildman–Crippen MR) is 64.7 cm³/mol. The summed E-state index contributed by atoms with van der Waals surface area (Å²) in [4.78, 5) is 14.4. The highest BCUT2D eigenvalue weighted by Gasteiger charge is 2.34. The van der Waals surface area contributed by atoms with Gasteiger partial charge in [-0.25, -0.2) is 0 Å². The number of hydrogen-bond donors (Lipinski definition) is 1. The van der Waals surface area contributed by atoms with Gasteiger partial charge < -0.3 is 15.0 Å². The molecule has 0 bridgehead atoms. The molecule has 1 saturated carbocycles. The first-order valence-corrected chi connectivity index (χ1v) is 6.96. The molecule has 0 aromatic rings. The maximum Gasteiger partial charge on any atom is 0.249 e. The Morgan fingerprint density at radius 2 is 2.18 bits per heavy atom. The molecule has 0 spiro atoms. The summed E-state index contributed by atoms with van der Waals surface area (Å²) in [6.45, 7) is 3.99. The van der Waals surface area contributed by atoms with Gasteiger partial charge in [-0.1, -0.05) is 0 Å². The van der Waals surface area contributed by atoms with Crippen molar-refractivity contribution in [2.75, 3.05) is 26.2 Å². The van der Waals surface area contributed by atoms with Crippen molar-refractivity contribution in [1.82, 2.24) is 10.2 Å². The van der Waals surface area contributed by atoms with E-state index in [0.717, 1.165) is 32.0 Å². The molecule has 0 radical (unpaired) electrons. The van der Waals surface area contributed by atoms with Crippen LogP contribution in [0.25, 0.3) is 0 Å². The van der Waals surface area contributed by atoms with Crippen molar-refractivity contribution in [2.45, 2.75) is 44.2 Å². The zero-order chi connectivity index (χ0) is 11.7. The largest absolute Gasteiger partial charge is 0.368 e. The van der Waals surface area contributed by atoms with Gasteiger partial charge >= 0.3 is 0 Å². The van der Waals surface area contributed by atoms with Crippen molar-refractivity contribution in [3.8, 4) is 0 Å². The fourth-order valence-corrected chi connectivity index (χ4v) is 2.94. The van der Waals surface area contributed by atoms with E-state index in [4.69, 9.17) is 4.74 Å². The third-order valence-corrected chi connectivity index (χ3v) is 4.17. The van der Waals surface area contributed by atoms with Crippen LogP contribution in [0.15, 0.2) is 0 Å². The van der Waals surface area contributed by atoms with Crippen molar-refractivity contribution < 1.29 is 9.53 Å². The molecule has 17 heavy (non-hydrogen) atoms. The molecule has 2 aliphatic heterocycles. The molecule has 2 saturated heterocycles. The predicted octanol–water partition coefficient (Wildman–Crippen LogP) is 0.766. The van der Waals surface area contributed by atoms with Gasteiger partial charge in [0, 0.05) is 25.7 Å². The highest BCUT2D eigenvalue weighted by atomic mass is 16.5. The van der Waals surface area contributed by atoms with Crippen molar-refractivity contribution in [2.24, 2.45) is 5.92 Å². The summed E-state index contributed by atoms with van der Waals surface area (Å²) in [5.41, 5.74) is 0. The molecule has 2 heterocycles. The van der Waals surface area contributed by atoms with E-state index in [-0.39, 0.29) is 12.0 Å². The number of likely N-dealkylation sites (tertiary alicyclic amines) is 1. The Kier molecular flexibility index (Phi) is 3.34. The number of nitrogens with one attached hydrogen (secondary N) is 1. The standard InChI is InChI=1S/C13H22N2O2/c16-13(12-2-1-7-17-12)14-8-10-5-6-15(9-10)11-3-4-11/h10-12H,1-9H2,(H,14,16). The van der Waals surface area contributed by atoms with E-state index in [1.54, 1.807) is 0 Å². The normalized spacial score (nSPS) is 34.1. The van der Waals surface area contributed by atoms with Crippen LogP contribution in [-0.4, -0.2) is 49.2 Å². The quantitative estimate of drug-likeness (QED) is 0.786. The van der Waals surface area contributed by atoms with Gasteiger partial charge in [-0.15, -0.1) is 0 Å². The van der Waals surface area contributed by atoms with E-state index < -0.39 is 0 Å². The maximum atomic E-state index is 11.8. The van der Waals surface area contributed by atoms with Crippen LogP contribution in [0.3, 0.4) is 0 Å². The lowest BCUT2D eigenvalue weighted by Crippen LogP contribution is -2.37. The van der Waals surface area contributed by atoms with Gasteiger partial charge in [0.2, 0.25) is 5.91 Å². The molecule has 1 N–H and O–H groups in total. The fraction of sp³-hybridized carbons (Fsp3) is 0.923. The van der Waals surface area contributed by atoms with Crippen LogP contribution in [0, 0.1) is 5.92 Å². The second kappa shape index (κ2) is 4.94. The van der Waals surface area contributed by atoms with Gasteiger partial charge in [-0.05, 0) is 44.6 Å². The van der Waals surface area contributed by atoms with E-state index in [1.165, 1.54) is 32.4 Å². The average molecular weight is 238 g/mol. The molecule has 1 aliphatic carbocycles. The lowest BCUT2D eigenvalue weighted by molar-refractivity contribution is -0.130. The summed E-state index contributed by atoms with van der Waals surface area (Å²) in [6, 6.07) is 0.869. The minimum absolute atomic E-state index is 0.104. The summed E-state index contributed by atoms with van der Waals surface area (Å²) in [6.07, 6.45) is 5.75. The molecule has 4 nitrogen and oxygen atoms in total. The monoisotopic (exact) mass is 238 g/mol. The summed E-state index contributed by atoms with van der Waals surface area (Å²) in [5, 5.41) is 3.06. The Morgan fingerprint density at radius 1 is 1.29 bits per heavy atom. The van der Waals surface area contributed by atoms with Crippen LogP contribution in [0.4, 0.5) is 0 Å². The third kappa shape index (κ3) is 2.80. The number of hydrogen-bond acceptors (Lipinski definition) is 3. The topological polar surface area (TPSA) is 41.6 Å². The lowest BCUT2D eigenvalue weighted by Gasteiger charge is -2.16. The van der Waals surface area contributed by atoms with Crippen LogP contribution in [0.1, 0.15) is 32.1 Å². The zero-order valence-corrected chi connectivity index (χ0v) is 10.4. The number of amides is 1. The number of rotatable bonds is 4. The van der Waals surface area contributed by atoms with Crippen molar-refractivity contribution in [1.29, 1.82) is 0 Å². The summed E-state index contributed by atoms with van der Waals surface area (Å²) in [7, 11) is 0. The smallest absolute Gasteiger partial charge is 0.249 e. The first-order valence-electron chi connectivity index (χ1n) is 6.96. The number of nitrogens with zero attached hydrogens (tertiary/aromatic N) is 1. The third-order valence-electron chi connectivity index (χ3n) is 4.17. The fourth-order valence-electron chi connectivity index (χ4n) is 2.94. The Bertz CT molecular complexity index is 285. The molecule has 2 unspecified atom stereocenters. The van der Waals surface area contributed by atoms with Crippen molar-refractivity contribution in [3.05, 3.63) is 0 Å². The molecule has 2 atom stereocenters. The van der Waals surface area contributed by atoms with Gasteiger partial charge in [0.15, 0.2) is 0 Å². The van der Waals surface area contributed by atoms with Crippen molar-refractivity contribution >= 4 is 5.91 Å². The molecule has 3 rings (SSSR count). The van der Waals surface area contributed by atoms with Gasteiger partial charge in [0.25, 0.3) is 0 Å². The molecular formula is C13H22N2O2. The van der Waals surface area contributed by atoms with Gasteiger partial charge in [-0.3, -0.25) is 4.79 Å². The minimum atomic E-state index is -0.170. The summed E-state index contributed by atoms with van der Waals surface area (Å²) >= 11 is 0. The highest BCUT2D eigenvalue weighted by molar-refractivity contribution is 5.80. The SMILES string of the molecule is O=C(NCC1CCN(C2CC2)C1)C1CCCO1. The molecule has 0 aromatic carbocycles. The first-order chi connectivity index (χ1) is 8.33. The van der Waals surface area contributed by atoms with Crippen LogP contribution >= 0.6 is 0 Å². The zero-order valence-electron chi connectivity index (χ0n) is 10.4. The molecule has 1 amide bonds. The van der Waals surface area contributed by atoms with Crippen LogP contribution in [-0.2, 0) is 9.53 Å². The number of ether oxygens (including phenoxy) is 1. The van der Waals surface area contributed by atoms with Gasteiger partial charge in [-0.2, -0.15) is 0 Å².